The quantitative estimate of drug-likeness (QED) is 0.612. The summed E-state index contributed by atoms with van der Waals surface area (Å²) in [6.45, 7) is 0. The second-order valence-corrected chi connectivity index (χ2v) is 6.36. The second kappa shape index (κ2) is 7.96. The molecule has 3 rings (SSSR count). The Morgan fingerprint density at radius 1 is 1.00 bits per heavy atom. The summed E-state index contributed by atoms with van der Waals surface area (Å²) in [6, 6.07) is 16.2. The molecule has 0 saturated heterocycles. The Labute approximate surface area is 148 Å². The molecule has 2 aromatic rings. The van der Waals surface area contributed by atoms with Crippen molar-refractivity contribution in [1.29, 1.82) is 5.26 Å². The van der Waals surface area contributed by atoms with Crippen molar-refractivity contribution in [2.24, 2.45) is 0 Å². The molecule has 0 bridgehead atoms. The van der Waals surface area contributed by atoms with E-state index in [-0.39, 0.29) is 5.97 Å². The number of nitriles is 1. The normalized spacial score (nSPS) is 19.8. The van der Waals surface area contributed by atoms with Crippen molar-refractivity contribution >= 4 is 5.97 Å². The molecule has 0 aromatic heterocycles. The highest BCUT2D eigenvalue weighted by molar-refractivity contribution is 5.91. The van der Waals surface area contributed by atoms with Crippen LogP contribution in [-0.4, -0.2) is 19.2 Å². The van der Waals surface area contributed by atoms with Crippen LogP contribution in [0.25, 0.3) is 0 Å². The molecule has 2 aromatic carbocycles. The Morgan fingerprint density at radius 3 is 2.20 bits per heavy atom. The summed E-state index contributed by atoms with van der Waals surface area (Å²) in [4.78, 5) is 12.2. The minimum atomic E-state index is -0.389. The summed E-state index contributed by atoms with van der Waals surface area (Å²) in [6.07, 6.45) is 4.80. The van der Waals surface area contributed by atoms with Crippen LogP contribution in [0.3, 0.4) is 0 Å². The van der Waals surface area contributed by atoms with E-state index in [0.29, 0.717) is 28.9 Å². The number of nitrogens with zero attached hydrogens (tertiary/aromatic N) is 1. The van der Waals surface area contributed by atoms with Crippen molar-refractivity contribution in [3.8, 4) is 11.8 Å². The SMILES string of the molecule is COC1CCC(c2ccc(C(=O)Oc3ccc(C#N)cc3)cc2)CC1. The van der Waals surface area contributed by atoms with Crippen molar-refractivity contribution in [3.05, 3.63) is 65.2 Å². The fraction of sp³-hybridized carbons (Fsp3) is 0.333. The third kappa shape index (κ3) is 4.26. The molecule has 0 unspecified atom stereocenters. The molecule has 128 valence electrons. The Bertz CT molecular complexity index is 751. The van der Waals surface area contributed by atoms with Crippen LogP contribution in [0, 0.1) is 11.3 Å². The first-order valence-corrected chi connectivity index (χ1v) is 8.54. The molecule has 0 aliphatic heterocycles. The first kappa shape index (κ1) is 17.2. The molecule has 0 spiro atoms. The molecule has 0 amide bonds. The van der Waals surface area contributed by atoms with Gasteiger partial charge in [-0.15, -0.1) is 0 Å². The maximum absolute atomic E-state index is 12.2. The molecule has 4 nitrogen and oxygen atoms in total. The van der Waals surface area contributed by atoms with E-state index in [9.17, 15) is 4.79 Å². The second-order valence-electron chi connectivity index (χ2n) is 6.36. The lowest BCUT2D eigenvalue weighted by molar-refractivity contribution is 0.0659. The van der Waals surface area contributed by atoms with Crippen LogP contribution in [0.2, 0.25) is 0 Å². The molecule has 4 heteroatoms. The van der Waals surface area contributed by atoms with Gasteiger partial charge in [0, 0.05) is 7.11 Å². The van der Waals surface area contributed by atoms with Gasteiger partial charge in [0.2, 0.25) is 0 Å². The zero-order valence-corrected chi connectivity index (χ0v) is 14.3. The van der Waals surface area contributed by atoms with Gasteiger partial charge in [0.15, 0.2) is 0 Å². The Kier molecular flexibility index (Phi) is 5.47. The lowest BCUT2D eigenvalue weighted by Gasteiger charge is -2.27. The van der Waals surface area contributed by atoms with Gasteiger partial charge in [-0.1, -0.05) is 12.1 Å². The first-order chi connectivity index (χ1) is 12.2. The van der Waals surface area contributed by atoms with Crippen LogP contribution in [0.1, 0.15) is 53.1 Å². The van der Waals surface area contributed by atoms with Gasteiger partial charge in [0.05, 0.1) is 23.3 Å². The molecule has 1 aliphatic rings. The summed E-state index contributed by atoms with van der Waals surface area (Å²) in [5.41, 5.74) is 2.33. The topological polar surface area (TPSA) is 59.3 Å². The number of methoxy groups -OCH3 is 1. The van der Waals surface area contributed by atoms with Crippen LogP contribution >= 0.6 is 0 Å². The summed E-state index contributed by atoms with van der Waals surface area (Å²) in [5.74, 6) is 0.584. The molecule has 0 radical (unpaired) electrons. The number of rotatable bonds is 4. The summed E-state index contributed by atoms with van der Waals surface area (Å²) in [7, 11) is 1.78. The predicted molar refractivity (Wildman–Crippen MR) is 94.6 cm³/mol. The number of esters is 1. The third-order valence-electron chi connectivity index (χ3n) is 4.82. The van der Waals surface area contributed by atoms with E-state index in [0.717, 1.165) is 25.7 Å². The molecular formula is C21H21NO3. The van der Waals surface area contributed by atoms with Crippen LogP contribution in [0.5, 0.6) is 5.75 Å². The summed E-state index contributed by atoms with van der Waals surface area (Å²) >= 11 is 0. The number of carbonyl (C=O) groups excluding carboxylic acids is 1. The molecule has 25 heavy (non-hydrogen) atoms. The van der Waals surface area contributed by atoms with Gasteiger partial charge in [-0.2, -0.15) is 5.26 Å². The molecule has 0 atom stereocenters. The van der Waals surface area contributed by atoms with Gasteiger partial charge >= 0.3 is 5.97 Å². The van der Waals surface area contributed by atoms with Gasteiger partial charge in [0.1, 0.15) is 5.75 Å². The van der Waals surface area contributed by atoms with Gasteiger partial charge in [-0.3, -0.25) is 0 Å². The van der Waals surface area contributed by atoms with E-state index in [1.165, 1.54) is 5.56 Å². The van der Waals surface area contributed by atoms with Crippen LogP contribution in [-0.2, 0) is 4.74 Å². The Balaban J connectivity index is 1.61. The highest BCUT2D eigenvalue weighted by Gasteiger charge is 2.22. The van der Waals surface area contributed by atoms with E-state index < -0.39 is 0 Å². The highest BCUT2D eigenvalue weighted by atomic mass is 16.5. The predicted octanol–water partition coefficient (Wildman–Crippen LogP) is 4.45. The van der Waals surface area contributed by atoms with Gasteiger partial charge in [-0.05, 0) is 73.6 Å². The fourth-order valence-corrected chi connectivity index (χ4v) is 3.29. The minimum Gasteiger partial charge on any atom is -0.423 e. The highest BCUT2D eigenvalue weighted by Crippen LogP contribution is 2.33. The van der Waals surface area contributed by atoms with Crippen LogP contribution < -0.4 is 4.74 Å². The molecular weight excluding hydrogens is 314 g/mol. The number of hydrogen-bond acceptors (Lipinski definition) is 4. The van der Waals surface area contributed by atoms with E-state index in [4.69, 9.17) is 14.7 Å². The number of hydrogen-bond donors (Lipinski definition) is 0. The standard InChI is InChI=1S/C21H21NO3/c1-24-19-12-8-17(9-13-19)16-4-6-18(7-5-16)21(23)25-20-10-2-15(14-22)3-11-20/h2-7,10-11,17,19H,8-9,12-13H2,1H3. The Hall–Kier alpha value is -2.64. The first-order valence-electron chi connectivity index (χ1n) is 8.54. The van der Waals surface area contributed by atoms with Gasteiger partial charge in [0.25, 0.3) is 0 Å². The fourth-order valence-electron chi connectivity index (χ4n) is 3.29. The number of carbonyl (C=O) groups is 1. The molecule has 0 N–H and O–H groups in total. The Morgan fingerprint density at radius 2 is 1.64 bits per heavy atom. The zero-order valence-electron chi connectivity index (χ0n) is 14.3. The average molecular weight is 335 g/mol. The zero-order chi connectivity index (χ0) is 17.6. The van der Waals surface area contributed by atoms with Gasteiger partial charge < -0.3 is 9.47 Å². The van der Waals surface area contributed by atoms with Crippen molar-refractivity contribution < 1.29 is 14.3 Å². The molecule has 1 aliphatic carbocycles. The van der Waals surface area contributed by atoms with Crippen molar-refractivity contribution in [3.63, 3.8) is 0 Å². The number of ether oxygens (including phenoxy) is 2. The van der Waals surface area contributed by atoms with E-state index >= 15 is 0 Å². The minimum absolute atomic E-state index is 0.387. The maximum Gasteiger partial charge on any atom is 0.343 e. The lowest BCUT2D eigenvalue weighted by atomic mass is 9.82. The average Bonchev–Trinajstić information content (AvgIpc) is 2.69. The molecule has 1 fully saturated rings. The van der Waals surface area contributed by atoms with Crippen molar-refractivity contribution in [2.75, 3.05) is 7.11 Å². The third-order valence-corrected chi connectivity index (χ3v) is 4.82. The van der Waals surface area contributed by atoms with E-state index in [2.05, 4.69) is 0 Å². The van der Waals surface area contributed by atoms with E-state index in [1.807, 2.05) is 30.3 Å². The van der Waals surface area contributed by atoms with E-state index in [1.54, 1.807) is 31.4 Å². The van der Waals surface area contributed by atoms with Crippen LogP contribution in [0.4, 0.5) is 0 Å². The van der Waals surface area contributed by atoms with Gasteiger partial charge in [-0.25, -0.2) is 4.79 Å². The monoisotopic (exact) mass is 335 g/mol. The van der Waals surface area contributed by atoms with Crippen LogP contribution in [0.15, 0.2) is 48.5 Å². The molecule has 1 saturated carbocycles. The maximum atomic E-state index is 12.2. The van der Waals surface area contributed by atoms with Crippen molar-refractivity contribution in [2.45, 2.75) is 37.7 Å². The van der Waals surface area contributed by atoms with Crippen molar-refractivity contribution in [1.82, 2.24) is 0 Å². The number of benzene rings is 2. The smallest absolute Gasteiger partial charge is 0.343 e. The summed E-state index contributed by atoms with van der Waals surface area (Å²) in [5, 5.41) is 8.79. The summed E-state index contributed by atoms with van der Waals surface area (Å²) < 4.78 is 10.8. The lowest BCUT2D eigenvalue weighted by Crippen LogP contribution is -2.19. The largest absolute Gasteiger partial charge is 0.423 e. The molecule has 0 heterocycles.